The summed E-state index contributed by atoms with van der Waals surface area (Å²) in [6.07, 6.45) is 0.686. The molecular formula is C16H17ClN2O3S. The van der Waals surface area contributed by atoms with Gasteiger partial charge in [-0.25, -0.2) is 0 Å². The molecule has 1 aromatic carbocycles. The number of methoxy groups -OCH3 is 1. The Kier molecular flexibility index (Phi) is 6.01. The normalized spacial score (nSPS) is 11.6. The molecule has 0 spiro atoms. The van der Waals surface area contributed by atoms with Crippen LogP contribution in [0.25, 0.3) is 0 Å². The molecule has 2 aromatic rings. The minimum absolute atomic E-state index is 0.133. The van der Waals surface area contributed by atoms with E-state index >= 15 is 0 Å². The molecule has 0 fully saturated rings. The highest BCUT2D eigenvalue weighted by Crippen LogP contribution is 2.27. The summed E-state index contributed by atoms with van der Waals surface area (Å²) >= 11 is 7.60. The van der Waals surface area contributed by atoms with Crippen LogP contribution in [0.3, 0.4) is 0 Å². The first-order chi connectivity index (χ1) is 11.0. The lowest BCUT2D eigenvalue weighted by atomic mass is 10.2. The second-order valence-electron chi connectivity index (χ2n) is 4.96. The van der Waals surface area contributed by atoms with Gasteiger partial charge in [-0.2, -0.15) is 0 Å². The summed E-state index contributed by atoms with van der Waals surface area (Å²) in [5, 5.41) is 7.52. The van der Waals surface area contributed by atoms with Crippen molar-refractivity contribution in [3.8, 4) is 5.75 Å². The van der Waals surface area contributed by atoms with E-state index in [1.807, 2.05) is 24.4 Å². The molecule has 0 saturated heterocycles. The molecule has 5 nitrogen and oxygen atoms in total. The van der Waals surface area contributed by atoms with Crippen molar-refractivity contribution in [2.45, 2.75) is 19.4 Å². The van der Waals surface area contributed by atoms with E-state index in [1.54, 1.807) is 23.5 Å². The van der Waals surface area contributed by atoms with Crippen LogP contribution in [0.1, 0.15) is 11.8 Å². The number of anilines is 1. The molecule has 1 heterocycles. The molecule has 7 heteroatoms. The van der Waals surface area contributed by atoms with Crippen molar-refractivity contribution in [1.29, 1.82) is 0 Å². The number of carbonyl (C=O) groups excluding carboxylic acids is 2. The van der Waals surface area contributed by atoms with Crippen LogP contribution >= 0.6 is 22.9 Å². The number of benzene rings is 1. The van der Waals surface area contributed by atoms with Gasteiger partial charge in [0.25, 0.3) is 0 Å². The molecule has 2 rings (SSSR count). The van der Waals surface area contributed by atoms with E-state index in [9.17, 15) is 9.59 Å². The Labute approximate surface area is 143 Å². The Hall–Kier alpha value is -2.05. The quantitative estimate of drug-likeness (QED) is 0.812. The first-order valence-corrected chi connectivity index (χ1v) is 8.23. The van der Waals surface area contributed by atoms with Crippen LogP contribution in [-0.2, 0) is 16.0 Å². The number of carbonyl (C=O) groups is 2. The van der Waals surface area contributed by atoms with Crippen molar-refractivity contribution in [2.24, 2.45) is 0 Å². The topological polar surface area (TPSA) is 67.4 Å². The van der Waals surface area contributed by atoms with Gasteiger partial charge in [-0.05, 0) is 36.6 Å². The minimum Gasteiger partial charge on any atom is -0.495 e. The highest BCUT2D eigenvalue weighted by atomic mass is 35.5. The standard InChI is InChI=1S/C16H17ClN2O3S/c1-10(8-12-4-3-7-23-12)18-15(20)16(21)19-11-5-6-14(22-2)13(17)9-11/h3-7,9-10H,8H2,1-2H3,(H,18,20)(H,19,21)/t10-/m1/s1. The van der Waals surface area contributed by atoms with Crippen LogP contribution < -0.4 is 15.4 Å². The second kappa shape index (κ2) is 7.99. The summed E-state index contributed by atoms with van der Waals surface area (Å²) in [6.45, 7) is 1.86. The fraction of sp³-hybridized carbons (Fsp3) is 0.250. The van der Waals surface area contributed by atoms with Crippen LogP contribution in [-0.4, -0.2) is 25.0 Å². The Bertz CT molecular complexity index is 689. The zero-order valence-corrected chi connectivity index (χ0v) is 14.3. The van der Waals surface area contributed by atoms with E-state index in [2.05, 4.69) is 10.6 Å². The van der Waals surface area contributed by atoms with E-state index in [0.29, 0.717) is 22.9 Å². The van der Waals surface area contributed by atoms with E-state index in [-0.39, 0.29) is 6.04 Å². The molecule has 2 N–H and O–H groups in total. The largest absolute Gasteiger partial charge is 0.495 e. The second-order valence-corrected chi connectivity index (χ2v) is 6.40. The Morgan fingerprint density at radius 1 is 1.30 bits per heavy atom. The molecule has 0 aliphatic carbocycles. The third-order valence-electron chi connectivity index (χ3n) is 3.08. The smallest absolute Gasteiger partial charge is 0.313 e. The van der Waals surface area contributed by atoms with Crippen LogP contribution in [0, 0.1) is 0 Å². The number of amides is 2. The summed E-state index contributed by atoms with van der Waals surface area (Å²) < 4.78 is 5.03. The van der Waals surface area contributed by atoms with Gasteiger partial charge in [0.05, 0.1) is 12.1 Å². The fourth-order valence-electron chi connectivity index (χ4n) is 2.00. The molecule has 1 atom stereocenters. The average molecular weight is 353 g/mol. The third kappa shape index (κ3) is 4.97. The molecule has 1 aromatic heterocycles. The minimum atomic E-state index is -0.732. The maximum absolute atomic E-state index is 11.9. The van der Waals surface area contributed by atoms with Gasteiger partial charge in [0.1, 0.15) is 5.75 Å². The molecular weight excluding hydrogens is 336 g/mol. The van der Waals surface area contributed by atoms with Gasteiger partial charge in [0, 0.05) is 23.0 Å². The Morgan fingerprint density at radius 3 is 2.70 bits per heavy atom. The van der Waals surface area contributed by atoms with E-state index in [0.717, 1.165) is 4.88 Å². The summed E-state index contributed by atoms with van der Waals surface area (Å²) in [5.74, 6) is -0.913. The van der Waals surface area contributed by atoms with Crippen molar-refractivity contribution in [1.82, 2.24) is 5.32 Å². The van der Waals surface area contributed by atoms with Crippen molar-refractivity contribution in [3.63, 3.8) is 0 Å². The zero-order chi connectivity index (χ0) is 16.8. The lowest BCUT2D eigenvalue weighted by Crippen LogP contribution is -2.41. The van der Waals surface area contributed by atoms with Gasteiger partial charge >= 0.3 is 11.8 Å². The SMILES string of the molecule is COc1ccc(NC(=O)C(=O)N[C@H](C)Cc2cccs2)cc1Cl. The molecule has 0 radical (unpaired) electrons. The highest BCUT2D eigenvalue weighted by Gasteiger charge is 2.17. The molecule has 23 heavy (non-hydrogen) atoms. The number of thiophene rings is 1. The number of rotatable bonds is 5. The van der Waals surface area contributed by atoms with E-state index in [1.165, 1.54) is 13.2 Å². The number of nitrogens with one attached hydrogen (secondary N) is 2. The van der Waals surface area contributed by atoms with Crippen molar-refractivity contribution in [3.05, 3.63) is 45.6 Å². The fourth-order valence-corrected chi connectivity index (χ4v) is 3.10. The number of halogens is 1. The molecule has 0 unspecified atom stereocenters. The third-order valence-corrected chi connectivity index (χ3v) is 4.27. The molecule has 0 aliphatic rings. The van der Waals surface area contributed by atoms with Gasteiger partial charge in [-0.3, -0.25) is 9.59 Å². The zero-order valence-electron chi connectivity index (χ0n) is 12.8. The van der Waals surface area contributed by atoms with Crippen LogP contribution in [0.2, 0.25) is 5.02 Å². The number of ether oxygens (including phenoxy) is 1. The predicted octanol–water partition coefficient (Wildman–Crippen LogP) is 3.10. The lowest BCUT2D eigenvalue weighted by molar-refractivity contribution is -0.136. The summed E-state index contributed by atoms with van der Waals surface area (Å²) in [4.78, 5) is 25.0. The molecule has 0 saturated carbocycles. The summed E-state index contributed by atoms with van der Waals surface area (Å²) in [7, 11) is 1.50. The predicted molar refractivity (Wildman–Crippen MR) is 92.3 cm³/mol. The molecule has 0 aliphatic heterocycles. The maximum atomic E-state index is 11.9. The first-order valence-electron chi connectivity index (χ1n) is 6.97. The molecule has 0 bridgehead atoms. The van der Waals surface area contributed by atoms with Gasteiger partial charge in [-0.15, -0.1) is 11.3 Å². The maximum Gasteiger partial charge on any atom is 0.313 e. The average Bonchev–Trinajstić information content (AvgIpc) is 3.00. The first kappa shape index (κ1) is 17.3. The summed E-state index contributed by atoms with van der Waals surface area (Å²) in [6, 6.07) is 8.58. The Morgan fingerprint density at radius 2 is 2.09 bits per heavy atom. The van der Waals surface area contributed by atoms with E-state index in [4.69, 9.17) is 16.3 Å². The molecule has 2 amide bonds. The monoisotopic (exact) mass is 352 g/mol. The highest BCUT2D eigenvalue weighted by molar-refractivity contribution is 7.09. The van der Waals surface area contributed by atoms with Gasteiger partial charge in [0.2, 0.25) is 0 Å². The van der Waals surface area contributed by atoms with E-state index < -0.39 is 11.8 Å². The van der Waals surface area contributed by atoms with Crippen LogP contribution in [0.15, 0.2) is 35.7 Å². The van der Waals surface area contributed by atoms with Gasteiger partial charge in [-0.1, -0.05) is 17.7 Å². The number of hydrogen-bond acceptors (Lipinski definition) is 4. The van der Waals surface area contributed by atoms with Crippen LogP contribution in [0.5, 0.6) is 5.75 Å². The summed E-state index contributed by atoms with van der Waals surface area (Å²) in [5.41, 5.74) is 0.432. The van der Waals surface area contributed by atoms with Crippen LogP contribution in [0.4, 0.5) is 5.69 Å². The Balaban J connectivity index is 1.89. The van der Waals surface area contributed by atoms with Crippen molar-refractivity contribution < 1.29 is 14.3 Å². The van der Waals surface area contributed by atoms with Gasteiger partial charge < -0.3 is 15.4 Å². The molecule has 122 valence electrons. The number of hydrogen-bond donors (Lipinski definition) is 2. The van der Waals surface area contributed by atoms with Gasteiger partial charge in [0.15, 0.2) is 0 Å². The van der Waals surface area contributed by atoms with Crippen molar-refractivity contribution >= 4 is 40.4 Å². The van der Waals surface area contributed by atoms with Crippen molar-refractivity contribution in [2.75, 3.05) is 12.4 Å². The lowest BCUT2D eigenvalue weighted by Gasteiger charge is -2.13.